The largest absolute Gasteiger partial charge is 0.461 e. The van der Waals surface area contributed by atoms with Gasteiger partial charge in [0.25, 0.3) is 5.69 Å². The first-order chi connectivity index (χ1) is 14.9. The maximum absolute atomic E-state index is 13.7. The Hall–Kier alpha value is -3.78. The normalized spacial score (nSPS) is 24.9. The number of nitro groups is 1. The van der Waals surface area contributed by atoms with Crippen molar-refractivity contribution in [2.45, 2.75) is 11.5 Å². The molecule has 8 nitrogen and oxygen atoms in total. The highest BCUT2D eigenvalue weighted by atomic mass is 16.6. The average Bonchev–Trinajstić information content (AvgIpc) is 3.47. The van der Waals surface area contributed by atoms with E-state index in [4.69, 9.17) is 4.42 Å². The van der Waals surface area contributed by atoms with Crippen LogP contribution < -0.4 is 5.32 Å². The van der Waals surface area contributed by atoms with Gasteiger partial charge in [-0.3, -0.25) is 24.6 Å². The van der Waals surface area contributed by atoms with E-state index in [-0.39, 0.29) is 29.1 Å². The molecule has 5 rings (SSSR count). The summed E-state index contributed by atoms with van der Waals surface area (Å²) in [7, 11) is 1.83. The molecule has 0 saturated carbocycles. The highest BCUT2D eigenvalue weighted by molar-refractivity contribution is 6.11. The number of para-hydroxylation sites is 1. The molecule has 0 radical (unpaired) electrons. The minimum absolute atomic E-state index is 0.0253. The zero-order valence-electron chi connectivity index (χ0n) is 16.6. The first-order valence-corrected chi connectivity index (χ1v) is 9.89. The van der Waals surface area contributed by atoms with Crippen LogP contribution in [0.2, 0.25) is 0 Å². The van der Waals surface area contributed by atoms with Crippen LogP contribution in [0.1, 0.15) is 27.6 Å². The molecule has 1 N–H and O–H groups in total. The van der Waals surface area contributed by atoms with E-state index < -0.39 is 16.4 Å². The van der Waals surface area contributed by atoms with Crippen LogP contribution in [0.25, 0.3) is 0 Å². The van der Waals surface area contributed by atoms with E-state index in [1.54, 1.807) is 24.3 Å². The lowest BCUT2D eigenvalue weighted by molar-refractivity contribution is -0.384. The summed E-state index contributed by atoms with van der Waals surface area (Å²) in [6, 6.07) is 16.8. The smallest absolute Gasteiger partial charge is 0.269 e. The number of amides is 1. The highest BCUT2D eigenvalue weighted by Crippen LogP contribution is 2.55. The predicted octanol–water partition coefficient (Wildman–Crippen LogP) is 3.56. The van der Waals surface area contributed by atoms with Gasteiger partial charge in [0.15, 0.2) is 5.76 Å². The highest BCUT2D eigenvalue weighted by Gasteiger charge is 2.64. The molecule has 1 amide bonds. The zero-order chi connectivity index (χ0) is 21.8. The summed E-state index contributed by atoms with van der Waals surface area (Å²) in [6.07, 6.45) is 1.43. The molecular weight excluding hydrogens is 398 g/mol. The maximum Gasteiger partial charge on any atom is 0.269 e. The summed E-state index contributed by atoms with van der Waals surface area (Å²) < 4.78 is 5.41. The van der Waals surface area contributed by atoms with Gasteiger partial charge in [-0.1, -0.05) is 30.3 Å². The lowest BCUT2D eigenvalue weighted by atomic mass is 9.71. The molecule has 2 aliphatic heterocycles. The molecule has 3 atom stereocenters. The molecule has 0 aliphatic carbocycles. The number of hydrogen-bond donors (Lipinski definition) is 1. The number of carbonyl (C=O) groups excluding carboxylic acids is 2. The van der Waals surface area contributed by atoms with E-state index in [9.17, 15) is 19.7 Å². The SMILES string of the molecule is CN1C[C@H](c2ccc([N+](=O)[O-])cc2)C(C(=O)c2ccco2)[C@]12C(=O)Nc1ccccc12. The maximum atomic E-state index is 13.7. The van der Waals surface area contributed by atoms with Crippen molar-refractivity contribution in [2.75, 3.05) is 18.9 Å². The third-order valence-corrected chi connectivity index (χ3v) is 6.44. The van der Waals surface area contributed by atoms with Gasteiger partial charge in [0, 0.05) is 35.8 Å². The number of furan rings is 1. The van der Waals surface area contributed by atoms with Crippen LogP contribution in [-0.2, 0) is 10.3 Å². The minimum atomic E-state index is -1.20. The fraction of sp³-hybridized carbons (Fsp3) is 0.217. The van der Waals surface area contributed by atoms with E-state index >= 15 is 0 Å². The number of Topliss-reactive ketones (excluding diaryl/α,β-unsaturated/α-hetero) is 1. The summed E-state index contributed by atoms with van der Waals surface area (Å²) >= 11 is 0. The number of likely N-dealkylation sites (tertiary alicyclic amines) is 1. The molecular formula is C23H19N3O5. The number of anilines is 1. The third kappa shape index (κ3) is 2.65. The van der Waals surface area contributed by atoms with Crippen molar-refractivity contribution in [3.05, 3.63) is 93.9 Å². The van der Waals surface area contributed by atoms with Crippen LogP contribution in [0.3, 0.4) is 0 Å². The van der Waals surface area contributed by atoms with E-state index in [0.29, 0.717) is 12.2 Å². The zero-order valence-corrected chi connectivity index (χ0v) is 16.6. The third-order valence-electron chi connectivity index (χ3n) is 6.44. The first kappa shape index (κ1) is 19.2. The molecule has 0 bridgehead atoms. The van der Waals surface area contributed by atoms with Crippen LogP contribution in [0.4, 0.5) is 11.4 Å². The molecule has 1 unspecified atom stereocenters. The van der Waals surface area contributed by atoms with Crippen LogP contribution in [0, 0.1) is 16.0 Å². The summed E-state index contributed by atoms with van der Waals surface area (Å²) in [6.45, 7) is 0.427. The Labute approximate surface area is 177 Å². The molecule has 31 heavy (non-hydrogen) atoms. The number of benzene rings is 2. The summed E-state index contributed by atoms with van der Waals surface area (Å²) in [5.74, 6) is -1.48. The van der Waals surface area contributed by atoms with Crippen molar-refractivity contribution < 1.29 is 18.9 Å². The second-order valence-corrected chi connectivity index (χ2v) is 7.92. The second-order valence-electron chi connectivity index (χ2n) is 7.92. The Morgan fingerprint density at radius 1 is 1.16 bits per heavy atom. The van der Waals surface area contributed by atoms with Gasteiger partial charge in [-0.15, -0.1) is 0 Å². The average molecular weight is 417 g/mol. The summed E-state index contributed by atoms with van der Waals surface area (Å²) in [5.41, 5.74) is 0.962. The molecule has 2 aliphatic rings. The van der Waals surface area contributed by atoms with Gasteiger partial charge in [0.2, 0.25) is 11.7 Å². The molecule has 1 aromatic heterocycles. The van der Waals surface area contributed by atoms with Gasteiger partial charge in [-0.2, -0.15) is 0 Å². The Kier molecular flexibility index (Phi) is 4.26. The molecule has 3 aromatic rings. The van der Waals surface area contributed by atoms with E-state index in [1.165, 1.54) is 18.4 Å². The van der Waals surface area contributed by atoms with Gasteiger partial charge < -0.3 is 9.73 Å². The number of fused-ring (bicyclic) bond motifs is 2. The first-order valence-electron chi connectivity index (χ1n) is 9.89. The van der Waals surface area contributed by atoms with Crippen molar-refractivity contribution in [1.29, 1.82) is 0 Å². The van der Waals surface area contributed by atoms with Gasteiger partial charge >= 0.3 is 0 Å². The van der Waals surface area contributed by atoms with Crippen molar-refractivity contribution in [1.82, 2.24) is 4.90 Å². The molecule has 1 spiro atoms. The Balaban J connectivity index is 1.69. The topological polar surface area (TPSA) is 106 Å². The standard InChI is InChI=1S/C23H19N3O5/c1-25-13-16(14-8-10-15(11-9-14)26(29)30)20(21(27)19-7-4-12-31-19)23(25)17-5-2-3-6-18(17)24-22(23)28/h2-12,16,20H,13H2,1H3,(H,24,28)/t16-,20?,23-/m1/s1. The van der Waals surface area contributed by atoms with Gasteiger partial charge in [0.05, 0.1) is 17.1 Å². The van der Waals surface area contributed by atoms with Gasteiger partial charge in [-0.05, 0) is 30.8 Å². The second kappa shape index (κ2) is 6.88. The van der Waals surface area contributed by atoms with E-state index in [0.717, 1.165) is 11.1 Å². The van der Waals surface area contributed by atoms with Crippen LogP contribution in [0.5, 0.6) is 0 Å². The quantitative estimate of drug-likeness (QED) is 0.395. The molecule has 1 fully saturated rings. The van der Waals surface area contributed by atoms with Gasteiger partial charge in [0.1, 0.15) is 5.54 Å². The summed E-state index contributed by atoms with van der Waals surface area (Å²) in [5, 5.41) is 14.0. The van der Waals surface area contributed by atoms with Crippen LogP contribution >= 0.6 is 0 Å². The van der Waals surface area contributed by atoms with Crippen molar-refractivity contribution in [3.8, 4) is 0 Å². The number of rotatable bonds is 4. The summed E-state index contributed by atoms with van der Waals surface area (Å²) in [4.78, 5) is 39.7. The molecule has 156 valence electrons. The van der Waals surface area contributed by atoms with Crippen LogP contribution in [-0.4, -0.2) is 35.1 Å². The molecule has 8 heteroatoms. The Morgan fingerprint density at radius 2 is 1.90 bits per heavy atom. The van der Waals surface area contributed by atoms with E-state index in [2.05, 4.69) is 5.32 Å². The number of hydrogen-bond acceptors (Lipinski definition) is 6. The number of likely N-dealkylation sites (N-methyl/N-ethyl adjacent to an activating group) is 1. The van der Waals surface area contributed by atoms with Crippen molar-refractivity contribution in [2.24, 2.45) is 5.92 Å². The molecule has 3 heterocycles. The Bertz CT molecular complexity index is 1190. The number of non-ortho nitro benzene ring substituents is 1. The van der Waals surface area contributed by atoms with E-state index in [1.807, 2.05) is 36.2 Å². The number of nitrogens with one attached hydrogen (secondary N) is 1. The molecule has 1 saturated heterocycles. The fourth-order valence-corrected chi connectivity index (χ4v) is 5.11. The van der Waals surface area contributed by atoms with Crippen LogP contribution in [0.15, 0.2) is 71.3 Å². The number of ketones is 1. The molecule has 2 aromatic carbocycles. The van der Waals surface area contributed by atoms with Gasteiger partial charge in [-0.25, -0.2) is 0 Å². The van der Waals surface area contributed by atoms with Crippen molar-refractivity contribution in [3.63, 3.8) is 0 Å². The number of nitrogens with zero attached hydrogens (tertiary/aromatic N) is 2. The number of nitro benzene ring substituents is 1. The number of carbonyl (C=O) groups is 2. The monoisotopic (exact) mass is 417 g/mol. The van der Waals surface area contributed by atoms with Crippen molar-refractivity contribution >= 4 is 23.1 Å². The fourth-order valence-electron chi connectivity index (χ4n) is 5.11. The predicted molar refractivity (Wildman–Crippen MR) is 112 cm³/mol. The lowest BCUT2D eigenvalue weighted by Crippen LogP contribution is -2.51. The lowest BCUT2D eigenvalue weighted by Gasteiger charge is -2.35. The Morgan fingerprint density at radius 3 is 2.58 bits per heavy atom. The minimum Gasteiger partial charge on any atom is -0.461 e.